The van der Waals surface area contributed by atoms with Gasteiger partial charge in [-0.25, -0.2) is 4.39 Å². The highest BCUT2D eigenvalue weighted by Crippen LogP contribution is 2.26. The second-order valence-corrected chi connectivity index (χ2v) is 6.15. The summed E-state index contributed by atoms with van der Waals surface area (Å²) in [7, 11) is 0. The Bertz CT molecular complexity index is 648. The molecule has 1 unspecified atom stereocenters. The number of nitrogens with one attached hydrogen (secondary N) is 1. The molecule has 0 saturated heterocycles. The zero-order chi connectivity index (χ0) is 14.8. The second-order valence-electron chi connectivity index (χ2n) is 6.15. The van der Waals surface area contributed by atoms with Crippen molar-refractivity contribution in [1.82, 2.24) is 0 Å². The van der Waals surface area contributed by atoms with Crippen molar-refractivity contribution in [2.75, 3.05) is 5.32 Å². The quantitative estimate of drug-likeness (QED) is 0.863. The molecule has 0 amide bonds. The van der Waals surface area contributed by atoms with Gasteiger partial charge in [0.25, 0.3) is 0 Å². The number of halogens is 1. The Morgan fingerprint density at radius 2 is 2.00 bits per heavy atom. The van der Waals surface area contributed by atoms with Crippen molar-refractivity contribution < 1.29 is 4.39 Å². The number of hydrogen-bond acceptors (Lipinski definition) is 1. The first kappa shape index (κ1) is 14.1. The summed E-state index contributed by atoms with van der Waals surface area (Å²) < 4.78 is 13.3. The maximum atomic E-state index is 13.3. The fraction of sp³-hybridized carbons (Fsp3) is 0.368. The molecule has 2 aromatic rings. The van der Waals surface area contributed by atoms with E-state index in [-0.39, 0.29) is 5.82 Å². The van der Waals surface area contributed by atoms with Crippen LogP contribution < -0.4 is 5.32 Å². The van der Waals surface area contributed by atoms with Crippen molar-refractivity contribution in [1.29, 1.82) is 0 Å². The van der Waals surface area contributed by atoms with Crippen molar-refractivity contribution in [2.45, 2.75) is 45.6 Å². The van der Waals surface area contributed by atoms with Gasteiger partial charge in [0.1, 0.15) is 5.82 Å². The summed E-state index contributed by atoms with van der Waals surface area (Å²) >= 11 is 0. The minimum atomic E-state index is -0.140. The van der Waals surface area contributed by atoms with Crippen LogP contribution in [0.2, 0.25) is 0 Å². The van der Waals surface area contributed by atoms with Gasteiger partial charge in [-0.3, -0.25) is 0 Å². The molecule has 3 rings (SSSR count). The van der Waals surface area contributed by atoms with E-state index in [1.165, 1.54) is 34.9 Å². The number of hydrogen-bond donors (Lipinski definition) is 1. The standard InChI is InChI=1S/C19H22FN/c1-13-3-9-18(20)12-16(13)8-5-15-6-10-19-17(11-15)7-4-14(2)21-19/h3,6,9-12,14,21H,4-5,7-8H2,1-2H3. The van der Waals surface area contributed by atoms with Gasteiger partial charge in [-0.1, -0.05) is 18.2 Å². The molecule has 0 spiro atoms. The fourth-order valence-corrected chi connectivity index (χ4v) is 3.05. The van der Waals surface area contributed by atoms with Crippen molar-refractivity contribution in [2.24, 2.45) is 0 Å². The van der Waals surface area contributed by atoms with Gasteiger partial charge in [0.15, 0.2) is 0 Å². The van der Waals surface area contributed by atoms with Gasteiger partial charge in [-0.15, -0.1) is 0 Å². The lowest BCUT2D eigenvalue weighted by Crippen LogP contribution is -2.21. The molecule has 1 aliphatic rings. The monoisotopic (exact) mass is 283 g/mol. The molecule has 21 heavy (non-hydrogen) atoms. The lowest BCUT2D eigenvalue weighted by Gasteiger charge is -2.24. The molecule has 0 bridgehead atoms. The van der Waals surface area contributed by atoms with Crippen molar-refractivity contribution in [3.05, 3.63) is 64.5 Å². The van der Waals surface area contributed by atoms with Gasteiger partial charge < -0.3 is 5.32 Å². The SMILES string of the molecule is Cc1ccc(F)cc1CCc1ccc2c(c1)CCC(C)N2. The molecule has 1 atom stereocenters. The van der Waals surface area contributed by atoms with Gasteiger partial charge in [0.05, 0.1) is 0 Å². The van der Waals surface area contributed by atoms with E-state index in [2.05, 4.69) is 30.4 Å². The minimum Gasteiger partial charge on any atom is -0.382 e. The molecule has 1 nitrogen and oxygen atoms in total. The zero-order valence-corrected chi connectivity index (χ0v) is 12.7. The van der Waals surface area contributed by atoms with Crippen LogP contribution in [0.1, 0.15) is 35.6 Å². The lowest BCUT2D eigenvalue weighted by molar-refractivity contribution is 0.624. The number of anilines is 1. The minimum absolute atomic E-state index is 0.140. The van der Waals surface area contributed by atoms with E-state index in [0.29, 0.717) is 6.04 Å². The predicted molar refractivity (Wildman–Crippen MR) is 86.4 cm³/mol. The Kier molecular flexibility index (Phi) is 3.96. The Morgan fingerprint density at radius 3 is 2.86 bits per heavy atom. The summed E-state index contributed by atoms with van der Waals surface area (Å²) in [5.74, 6) is -0.140. The topological polar surface area (TPSA) is 12.0 Å². The largest absolute Gasteiger partial charge is 0.382 e. The van der Waals surface area contributed by atoms with Gasteiger partial charge in [0.2, 0.25) is 0 Å². The normalized spacial score (nSPS) is 17.2. The van der Waals surface area contributed by atoms with E-state index in [1.807, 2.05) is 13.0 Å². The molecule has 2 heteroatoms. The molecule has 1 aliphatic heterocycles. The summed E-state index contributed by atoms with van der Waals surface area (Å²) in [6.45, 7) is 4.27. The van der Waals surface area contributed by atoms with Gasteiger partial charge in [-0.2, -0.15) is 0 Å². The predicted octanol–water partition coefficient (Wildman–Crippen LogP) is 4.67. The van der Waals surface area contributed by atoms with E-state index in [4.69, 9.17) is 0 Å². The van der Waals surface area contributed by atoms with Crippen LogP contribution in [0.3, 0.4) is 0 Å². The Balaban J connectivity index is 1.72. The van der Waals surface area contributed by atoms with E-state index in [1.54, 1.807) is 6.07 Å². The summed E-state index contributed by atoms with van der Waals surface area (Å²) in [5, 5.41) is 3.53. The first-order chi connectivity index (χ1) is 10.1. The summed E-state index contributed by atoms with van der Waals surface area (Å²) in [6, 6.07) is 12.3. The van der Waals surface area contributed by atoms with Crippen LogP contribution in [-0.4, -0.2) is 6.04 Å². The van der Waals surface area contributed by atoms with Crippen LogP contribution in [-0.2, 0) is 19.3 Å². The van der Waals surface area contributed by atoms with Crippen LogP contribution in [0.4, 0.5) is 10.1 Å². The highest BCUT2D eigenvalue weighted by molar-refractivity contribution is 5.55. The molecule has 1 N–H and O–H groups in total. The fourth-order valence-electron chi connectivity index (χ4n) is 3.05. The van der Waals surface area contributed by atoms with E-state index < -0.39 is 0 Å². The summed E-state index contributed by atoms with van der Waals surface area (Å²) in [6.07, 6.45) is 4.20. The first-order valence-corrected chi connectivity index (χ1v) is 7.75. The lowest BCUT2D eigenvalue weighted by atomic mass is 9.94. The Hall–Kier alpha value is -1.83. The maximum absolute atomic E-state index is 13.3. The molecule has 0 saturated carbocycles. The molecule has 0 aromatic heterocycles. The van der Waals surface area contributed by atoms with Crippen LogP contribution in [0.15, 0.2) is 36.4 Å². The number of fused-ring (bicyclic) bond motifs is 1. The molecule has 0 radical (unpaired) electrons. The zero-order valence-electron chi connectivity index (χ0n) is 12.7. The maximum Gasteiger partial charge on any atom is 0.123 e. The van der Waals surface area contributed by atoms with Gasteiger partial charge >= 0.3 is 0 Å². The third kappa shape index (κ3) is 3.26. The molecule has 2 aromatic carbocycles. The average Bonchev–Trinajstić information content (AvgIpc) is 2.48. The molecule has 0 fully saturated rings. The third-order valence-corrected chi connectivity index (χ3v) is 4.41. The summed E-state index contributed by atoms with van der Waals surface area (Å²) in [5.41, 5.74) is 6.32. The number of benzene rings is 2. The van der Waals surface area contributed by atoms with Crippen molar-refractivity contribution in [3.63, 3.8) is 0 Å². The van der Waals surface area contributed by atoms with Crippen LogP contribution in [0.5, 0.6) is 0 Å². The smallest absolute Gasteiger partial charge is 0.123 e. The van der Waals surface area contributed by atoms with Crippen molar-refractivity contribution in [3.8, 4) is 0 Å². The van der Waals surface area contributed by atoms with E-state index in [0.717, 1.165) is 24.8 Å². The Labute approximate surface area is 126 Å². The van der Waals surface area contributed by atoms with Gasteiger partial charge in [0, 0.05) is 11.7 Å². The van der Waals surface area contributed by atoms with Crippen LogP contribution in [0.25, 0.3) is 0 Å². The van der Waals surface area contributed by atoms with Crippen LogP contribution in [0, 0.1) is 12.7 Å². The first-order valence-electron chi connectivity index (χ1n) is 7.75. The van der Waals surface area contributed by atoms with Gasteiger partial charge in [-0.05, 0) is 80.0 Å². The summed E-state index contributed by atoms with van der Waals surface area (Å²) in [4.78, 5) is 0. The average molecular weight is 283 g/mol. The highest BCUT2D eigenvalue weighted by atomic mass is 19.1. The van der Waals surface area contributed by atoms with E-state index in [9.17, 15) is 4.39 Å². The molecule has 110 valence electrons. The van der Waals surface area contributed by atoms with E-state index >= 15 is 0 Å². The van der Waals surface area contributed by atoms with Crippen molar-refractivity contribution >= 4 is 5.69 Å². The number of rotatable bonds is 3. The molecular weight excluding hydrogens is 261 g/mol. The molecule has 1 heterocycles. The third-order valence-electron chi connectivity index (χ3n) is 4.41. The van der Waals surface area contributed by atoms with Crippen LogP contribution >= 0.6 is 0 Å². The molecule has 0 aliphatic carbocycles. The molecular formula is C19H22FN. The Morgan fingerprint density at radius 1 is 1.14 bits per heavy atom. The highest BCUT2D eigenvalue weighted by Gasteiger charge is 2.14. The second kappa shape index (κ2) is 5.88. The number of aryl methyl sites for hydroxylation is 4.